The fourth-order valence-electron chi connectivity index (χ4n) is 3.02. The topological polar surface area (TPSA) is 69.7 Å². The number of piperazine rings is 1. The van der Waals surface area contributed by atoms with Crippen LogP contribution in [-0.4, -0.2) is 56.3 Å². The fraction of sp³-hybridized carbons (Fsp3) is 0.421. The van der Waals surface area contributed by atoms with E-state index >= 15 is 0 Å². The molecule has 0 unspecified atom stereocenters. The number of amides is 1. The molecule has 27 heavy (non-hydrogen) atoms. The molecule has 2 aromatic rings. The van der Waals surface area contributed by atoms with E-state index in [1.165, 1.54) is 15.6 Å². The maximum absolute atomic E-state index is 12.8. The van der Waals surface area contributed by atoms with Gasteiger partial charge in [-0.15, -0.1) is 11.3 Å². The minimum absolute atomic E-state index is 0.178. The summed E-state index contributed by atoms with van der Waals surface area (Å²) in [5.41, 5.74) is 1.67. The molecule has 0 aliphatic carbocycles. The summed E-state index contributed by atoms with van der Waals surface area (Å²) in [5.74, 6) is -0.178. The lowest BCUT2D eigenvalue weighted by molar-refractivity contribution is 0.103. The van der Waals surface area contributed by atoms with Crippen LogP contribution in [0.5, 0.6) is 0 Å². The molecule has 1 aromatic heterocycles. The Balaban J connectivity index is 1.68. The van der Waals surface area contributed by atoms with Gasteiger partial charge < -0.3 is 10.2 Å². The van der Waals surface area contributed by atoms with Crippen LogP contribution in [0.25, 0.3) is 0 Å². The number of carbonyl (C=O) groups is 1. The quantitative estimate of drug-likeness (QED) is 0.827. The highest BCUT2D eigenvalue weighted by Crippen LogP contribution is 2.23. The summed E-state index contributed by atoms with van der Waals surface area (Å²) in [6, 6.07) is 8.26. The van der Waals surface area contributed by atoms with Gasteiger partial charge in [0, 0.05) is 36.7 Å². The lowest BCUT2D eigenvalue weighted by atomic mass is 10.2. The van der Waals surface area contributed by atoms with Crippen molar-refractivity contribution in [3.63, 3.8) is 0 Å². The lowest BCUT2D eigenvalue weighted by Gasteiger charge is -2.33. The first-order chi connectivity index (χ1) is 12.8. The molecule has 1 fully saturated rings. The first-order valence-corrected chi connectivity index (χ1v) is 11.3. The van der Waals surface area contributed by atoms with Crippen molar-refractivity contribution in [1.29, 1.82) is 0 Å². The zero-order valence-electron chi connectivity index (χ0n) is 15.9. The number of hydrogen-bond acceptors (Lipinski definition) is 5. The van der Waals surface area contributed by atoms with Gasteiger partial charge in [-0.05, 0) is 56.3 Å². The molecule has 0 bridgehead atoms. The molecule has 2 heterocycles. The van der Waals surface area contributed by atoms with E-state index in [2.05, 4.69) is 17.1 Å². The largest absolute Gasteiger partial charge is 0.321 e. The Morgan fingerprint density at radius 1 is 1.11 bits per heavy atom. The third-order valence-corrected chi connectivity index (χ3v) is 7.98. The molecule has 1 aliphatic rings. The van der Waals surface area contributed by atoms with Crippen molar-refractivity contribution in [2.45, 2.75) is 25.7 Å². The highest BCUT2D eigenvalue weighted by Gasteiger charge is 2.27. The van der Waals surface area contributed by atoms with Crippen molar-refractivity contribution in [3.8, 4) is 0 Å². The molecule has 8 heteroatoms. The Labute approximate surface area is 164 Å². The number of nitrogens with one attached hydrogen (secondary N) is 1. The molecule has 0 radical (unpaired) electrons. The van der Waals surface area contributed by atoms with Crippen LogP contribution in [0.15, 0.2) is 35.2 Å². The molecule has 1 aliphatic heterocycles. The number of aryl methyl sites for hydroxylation is 2. The summed E-state index contributed by atoms with van der Waals surface area (Å²) in [6.07, 6.45) is 0. The molecule has 6 nitrogen and oxygen atoms in total. The van der Waals surface area contributed by atoms with E-state index in [1.54, 1.807) is 24.3 Å². The molecule has 1 aromatic carbocycles. The Morgan fingerprint density at radius 3 is 2.26 bits per heavy atom. The van der Waals surface area contributed by atoms with Gasteiger partial charge in [0.1, 0.15) is 0 Å². The number of nitrogens with zero attached hydrogens (tertiary/aromatic N) is 2. The Morgan fingerprint density at radius 2 is 1.74 bits per heavy atom. The van der Waals surface area contributed by atoms with Crippen molar-refractivity contribution in [1.82, 2.24) is 9.21 Å². The van der Waals surface area contributed by atoms with Crippen molar-refractivity contribution >= 4 is 33.0 Å². The average molecular weight is 408 g/mol. The Kier molecular flexibility index (Phi) is 6.00. The third kappa shape index (κ3) is 4.40. The average Bonchev–Trinajstić information content (AvgIpc) is 3.01. The molecular formula is C19H25N3O3S2. The van der Waals surface area contributed by atoms with Gasteiger partial charge in [-0.25, -0.2) is 8.42 Å². The number of likely N-dealkylation sites (N-methyl/N-ethyl adjacent to an activating group) is 1. The van der Waals surface area contributed by atoms with E-state index in [0.29, 0.717) is 23.7 Å². The van der Waals surface area contributed by atoms with Gasteiger partial charge in [-0.1, -0.05) is 6.92 Å². The number of thiophene rings is 1. The second-order valence-electron chi connectivity index (χ2n) is 6.67. The van der Waals surface area contributed by atoms with E-state index in [1.807, 2.05) is 19.9 Å². The summed E-state index contributed by atoms with van der Waals surface area (Å²) >= 11 is 1.45. The van der Waals surface area contributed by atoms with E-state index in [4.69, 9.17) is 0 Å². The van der Waals surface area contributed by atoms with Crippen molar-refractivity contribution < 1.29 is 13.2 Å². The first kappa shape index (κ1) is 20.0. The zero-order chi connectivity index (χ0) is 19.6. The highest BCUT2D eigenvalue weighted by molar-refractivity contribution is 7.89. The zero-order valence-corrected chi connectivity index (χ0v) is 17.5. The molecular weight excluding hydrogens is 382 g/mol. The van der Waals surface area contributed by atoms with Gasteiger partial charge in [0.05, 0.1) is 9.77 Å². The molecule has 0 saturated carbocycles. The molecule has 0 atom stereocenters. The van der Waals surface area contributed by atoms with Gasteiger partial charge in [0.2, 0.25) is 10.0 Å². The van der Waals surface area contributed by atoms with Gasteiger partial charge in [0.15, 0.2) is 0 Å². The van der Waals surface area contributed by atoms with E-state index in [-0.39, 0.29) is 10.8 Å². The maximum atomic E-state index is 12.8. The van der Waals surface area contributed by atoms with Crippen molar-refractivity contribution in [3.05, 3.63) is 45.6 Å². The van der Waals surface area contributed by atoms with Crippen LogP contribution in [0.4, 0.5) is 5.69 Å². The van der Waals surface area contributed by atoms with Gasteiger partial charge >= 0.3 is 0 Å². The van der Waals surface area contributed by atoms with Crippen LogP contribution >= 0.6 is 11.3 Å². The summed E-state index contributed by atoms with van der Waals surface area (Å²) < 4.78 is 27.1. The summed E-state index contributed by atoms with van der Waals surface area (Å²) in [5, 5.41) is 2.83. The molecule has 1 amide bonds. The Bertz CT molecular complexity index is 893. The first-order valence-electron chi connectivity index (χ1n) is 9.02. The minimum atomic E-state index is -3.50. The van der Waals surface area contributed by atoms with Crippen molar-refractivity contribution in [2.24, 2.45) is 0 Å². The molecule has 0 spiro atoms. The summed E-state index contributed by atoms with van der Waals surface area (Å²) in [6.45, 7) is 9.49. The van der Waals surface area contributed by atoms with Crippen LogP contribution in [0.2, 0.25) is 0 Å². The fourth-order valence-corrected chi connectivity index (χ4v) is 5.37. The van der Waals surface area contributed by atoms with E-state index in [0.717, 1.165) is 30.1 Å². The summed E-state index contributed by atoms with van der Waals surface area (Å²) in [7, 11) is -3.50. The highest BCUT2D eigenvalue weighted by atomic mass is 32.2. The number of anilines is 1. The molecule has 146 valence electrons. The predicted octanol–water partition coefficient (Wildman–Crippen LogP) is 2.94. The van der Waals surface area contributed by atoms with Crippen LogP contribution in [-0.2, 0) is 10.0 Å². The second-order valence-corrected chi connectivity index (χ2v) is 9.86. The molecule has 3 rings (SSSR count). The minimum Gasteiger partial charge on any atom is -0.321 e. The predicted molar refractivity (Wildman–Crippen MR) is 109 cm³/mol. The number of benzene rings is 1. The van der Waals surface area contributed by atoms with Crippen LogP contribution in [0.3, 0.4) is 0 Å². The Hall–Kier alpha value is -1.74. The SMILES string of the molecule is CCN1CCN(S(=O)(=O)c2ccc(NC(=O)c3cc(C)c(C)s3)cc2)CC1. The molecule has 1 saturated heterocycles. The molecule has 1 N–H and O–H groups in total. The van der Waals surface area contributed by atoms with E-state index < -0.39 is 10.0 Å². The standard InChI is InChI=1S/C19H25N3O3S2/c1-4-21-9-11-22(12-10-21)27(24,25)17-7-5-16(6-8-17)20-19(23)18-13-14(2)15(3)26-18/h5-8,13H,4,9-12H2,1-3H3,(H,20,23). The number of sulfonamides is 1. The monoisotopic (exact) mass is 407 g/mol. The normalized spacial score (nSPS) is 16.4. The summed E-state index contributed by atoms with van der Waals surface area (Å²) in [4.78, 5) is 16.6. The van der Waals surface area contributed by atoms with Crippen LogP contribution < -0.4 is 5.32 Å². The smallest absolute Gasteiger partial charge is 0.265 e. The second kappa shape index (κ2) is 8.10. The van der Waals surface area contributed by atoms with Crippen molar-refractivity contribution in [2.75, 3.05) is 38.0 Å². The van der Waals surface area contributed by atoms with Gasteiger partial charge in [-0.2, -0.15) is 4.31 Å². The van der Waals surface area contributed by atoms with Gasteiger partial charge in [-0.3, -0.25) is 4.79 Å². The number of hydrogen-bond donors (Lipinski definition) is 1. The number of carbonyl (C=O) groups excluding carboxylic acids is 1. The van der Waals surface area contributed by atoms with Crippen LogP contribution in [0, 0.1) is 13.8 Å². The number of rotatable bonds is 5. The maximum Gasteiger partial charge on any atom is 0.265 e. The van der Waals surface area contributed by atoms with Gasteiger partial charge in [0.25, 0.3) is 5.91 Å². The van der Waals surface area contributed by atoms with E-state index in [9.17, 15) is 13.2 Å². The lowest BCUT2D eigenvalue weighted by Crippen LogP contribution is -2.48. The third-order valence-electron chi connectivity index (χ3n) is 4.92. The van der Waals surface area contributed by atoms with Crippen LogP contribution in [0.1, 0.15) is 27.0 Å².